The number of aliphatic hydroxyl groups excluding tert-OH is 1. The smallest absolute Gasteiger partial charge is 0.342 e. The lowest BCUT2D eigenvalue weighted by atomic mass is 10.2. The number of alkyl halides is 2. The van der Waals surface area contributed by atoms with Crippen molar-refractivity contribution in [1.82, 2.24) is 0 Å². The van der Waals surface area contributed by atoms with Crippen LogP contribution in [0.15, 0.2) is 18.2 Å². The van der Waals surface area contributed by atoms with Gasteiger partial charge in [0, 0.05) is 5.69 Å². The van der Waals surface area contributed by atoms with E-state index in [0.717, 1.165) is 5.56 Å². The number of aliphatic hydroxyl groups is 1. The van der Waals surface area contributed by atoms with Crippen molar-refractivity contribution in [1.29, 1.82) is 0 Å². The highest BCUT2D eigenvalue weighted by Crippen LogP contribution is 2.10. The Morgan fingerprint density at radius 3 is 2.15 bits per heavy atom. The first-order valence-electron chi connectivity index (χ1n) is 3.41. The summed E-state index contributed by atoms with van der Waals surface area (Å²) < 4.78 is 32.1. The topological polar surface area (TPSA) is 46.2 Å². The molecule has 0 unspecified atom stereocenters. The Bertz CT molecular complexity index is 263. The van der Waals surface area contributed by atoms with Crippen LogP contribution in [0.3, 0.4) is 0 Å². The summed E-state index contributed by atoms with van der Waals surface area (Å²) >= 11 is 0. The molecule has 0 saturated carbocycles. The van der Waals surface area contributed by atoms with Gasteiger partial charge < -0.3 is 10.8 Å². The van der Waals surface area contributed by atoms with Crippen molar-refractivity contribution in [2.75, 3.05) is 5.73 Å². The molecule has 0 radical (unpaired) electrons. The second kappa shape index (κ2) is 5.42. The zero-order valence-corrected chi connectivity index (χ0v) is 6.97. The molecule has 2 nitrogen and oxygen atoms in total. The van der Waals surface area contributed by atoms with E-state index in [1.165, 1.54) is 12.1 Å². The number of hydrogen-bond donors (Lipinski definition) is 2. The van der Waals surface area contributed by atoms with Crippen LogP contribution in [-0.4, -0.2) is 11.7 Å². The minimum Gasteiger partial charge on any atom is -0.399 e. The maximum Gasteiger partial charge on any atom is 0.342 e. The first-order valence-corrected chi connectivity index (χ1v) is 3.41. The molecule has 13 heavy (non-hydrogen) atoms. The highest BCUT2D eigenvalue weighted by Gasteiger charge is 1.92. The molecule has 0 fully saturated rings. The molecule has 0 aliphatic heterocycles. The van der Waals surface area contributed by atoms with Gasteiger partial charge in [0.2, 0.25) is 0 Å². The van der Waals surface area contributed by atoms with Crippen molar-refractivity contribution >= 4 is 5.69 Å². The average molecular weight is 193 g/mol. The van der Waals surface area contributed by atoms with Crippen LogP contribution in [0.2, 0.25) is 0 Å². The minimum atomic E-state index is -3.17. The van der Waals surface area contributed by atoms with Crippen molar-refractivity contribution in [3.8, 4) is 0 Å². The SMILES string of the molecule is Cc1cc(F)ccc1N.OC(F)F. The number of rotatable bonds is 0. The Balaban J connectivity index is 0.000000310. The highest BCUT2D eigenvalue weighted by atomic mass is 19.3. The molecule has 0 saturated heterocycles. The number of benzene rings is 1. The van der Waals surface area contributed by atoms with E-state index in [4.69, 9.17) is 10.8 Å². The molecular formula is C8H10F3NO. The molecule has 74 valence electrons. The lowest BCUT2D eigenvalue weighted by molar-refractivity contribution is -0.0728. The third-order valence-corrected chi connectivity index (χ3v) is 1.23. The molecule has 0 aliphatic carbocycles. The van der Waals surface area contributed by atoms with Gasteiger partial charge in [-0.3, -0.25) is 0 Å². The summed E-state index contributed by atoms with van der Waals surface area (Å²) in [5, 5.41) is 6.72. The first kappa shape index (κ1) is 11.8. The summed E-state index contributed by atoms with van der Waals surface area (Å²) in [5.41, 5.74) is 6.84. The Morgan fingerprint density at radius 1 is 1.38 bits per heavy atom. The Morgan fingerprint density at radius 2 is 1.85 bits per heavy atom. The third kappa shape index (κ3) is 5.98. The van der Waals surface area contributed by atoms with Gasteiger partial charge in [-0.25, -0.2) is 4.39 Å². The number of nitrogens with two attached hydrogens (primary N) is 1. The predicted octanol–water partition coefficient (Wildman–Crippen LogP) is 1.92. The fraction of sp³-hybridized carbons (Fsp3) is 0.250. The number of aryl methyl sites for hydroxylation is 1. The van der Waals surface area contributed by atoms with Crippen LogP contribution in [0.4, 0.5) is 18.9 Å². The summed E-state index contributed by atoms with van der Waals surface area (Å²) in [6.07, 6.45) is 0. The van der Waals surface area contributed by atoms with Gasteiger partial charge in [0.05, 0.1) is 0 Å². The summed E-state index contributed by atoms with van der Waals surface area (Å²) in [5.74, 6) is -0.235. The Hall–Kier alpha value is -1.23. The Kier molecular flexibility index (Phi) is 4.91. The van der Waals surface area contributed by atoms with Gasteiger partial charge in [-0.15, -0.1) is 0 Å². The van der Waals surface area contributed by atoms with E-state index in [1.807, 2.05) is 0 Å². The van der Waals surface area contributed by atoms with E-state index in [-0.39, 0.29) is 5.82 Å². The third-order valence-electron chi connectivity index (χ3n) is 1.23. The van der Waals surface area contributed by atoms with Crippen LogP contribution >= 0.6 is 0 Å². The average Bonchev–Trinajstić information content (AvgIpc) is 1.96. The maximum absolute atomic E-state index is 12.3. The first-order chi connectivity index (χ1) is 5.93. The fourth-order valence-electron chi connectivity index (χ4n) is 0.639. The zero-order valence-electron chi connectivity index (χ0n) is 6.97. The normalized spacial score (nSPS) is 9.38. The molecule has 3 N–H and O–H groups in total. The van der Waals surface area contributed by atoms with Crippen LogP contribution in [0.1, 0.15) is 5.56 Å². The van der Waals surface area contributed by atoms with E-state index in [2.05, 4.69) is 0 Å². The van der Waals surface area contributed by atoms with E-state index in [1.54, 1.807) is 13.0 Å². The van der Waals surface area contributed by atoms with Gasteiger partial charge in [0.15, 0.2) is 0 Å². The van der Waals surface area contributed by atoms with Crippen molar-refractivity contribution < 1.29 is 18.3 Å². The van der Waals surface area contributed by atoms with Gasteiger partial charge in [-0.1, -0.05) is 0 Å². The molecule has 0 spiro atoms. The quantitative estimate of drug-likeness (QED) is 0.618. The predicted molar refractivity (Wildman–Crippen MR) is 43.8 cm³/mol. The lowest BCUT2D eigenvalue weighted by Gasteiger charge is -1.96. The number of nitrogen functional groups attached to an aromatic ring is 1. The summed E-state index contributed by atoms with van der Waals surface area (Å²) in [6.45, 7) is -1.39. The fourth-order valence-corrected chi connectivity index (χ4v) is 0.639. The van der Waals surface area contributed by atoms with Crippen LogP contribution in [0.5, 0.6) is 0 Å². The number of hydrogen-bond acceptors (Lipinski definition) is 2. The molecule has 1 rings (SSSR count). The van der Waals surface area contributed by atoms with Gasteiger partial charge in [0.25, 0.3) is 0 Å². The minimum absolute atomic E-state index is 0.235. The van der Waals surface area contributed by atoms with Gasteiger partial charge in [-0.2, -0.15) is 8.78 Å². The van der Waals surface area contributed by atoms with Crippen molar-refractivity contribution in [3.63, 3.8) is 0 Å². The largest absolute Gasteiger partial charge is 0.399 e. The summed E-state index contributed by atoms with van der Waals surface area (Å²) in [7, 11) is 0. The van der Waals surface area contributed by atoms with E-state index in [0.29, 0.717) is 5.69 Å². The molecule has 1 aromatic rings. The molecule has 0 aromatic heterocycles. The zero-order chi connectivity index (χ0) is 10.4. The van der Waals surface area contributed by atoms with Crippen molar-refractivity contribution in [2.45, 2.75) is 13.5 Å². The molecule has 1 aromatic carbocycles. The van der Waals surface area contributed by atoms with Gasteiger partial charge in [-0.05, 0) is 30.7 Å². The number of anilines is 1. The lowest BCUT2D eigenvalue weighted by Crippen LogP contribution is -1.88. The molecule has 5 heteroatoms. The molecule has 0 amide bonds. The molecular weight excluding hydrogens is 183 g/mol. The molecule has 0 atom stereocenters. The van der Waals surface area contributed by atoms with Crippen molar-refractivity contribution in [2.24, 2.45) is 0 Å². The second-order valence-corrected chi connectivity index (χ2v) is 2.28. The Labute approximate surface area is 73.8 Å². The van der Waals surface area contributed by atoms with E-state index >= 15 is 0 Å². The molecule has 0 bridgehead atoms. The van der Waals surface area contributed by atoms with E-state index < -0.39 is 6.61 Å². The highest BCUT2D eigenvalue weighted by molar-refractivity contribution is 5.45. The van der Waals surface area contributed by atoms with Crippen LogP contribution in [0.25, 0.3) is 0 Å². The molecule has 0 heterocycles. The number of halogens is 3. The van der Waals surface area contributed by atoms with E-state index in [9.17, 15) is 13.2 Å². The maximum atomic E-state index is 12.3. The molecule has 0 aliphatic rings. The van der Waals surface area contributed by atoms with Crippen LogP contribution < -0.4 is 5.73 Å². The standard InChI is InChI=1S/C7H8FN.CH2F2O/c1-5-4-6(8)2-3-7(5)9;2-1(3)4/h2-4H,9H2,1H3;1,4H. The van der Waals surface area contributed by atoms with Crippen LogP contribution in [0, 0.1) is 12.7 Å². The van der Waals surface area contributed by atoms with Gasteiger partial charge in [0.1, 0.15) is 5.82 Å². The van der Waals surface area contributed by atoms with Gasteiger partial charge >= 0.3 is 6.61 Å². The monoisotopic (exact) mass is 193 g/mol. The van der Waals surface area contributed by atoms with Crippen LogP contribution in [-0.2, 0) is 0 Å². The second-order valence-electron chi connectivity index (χ2n) is 2.28. The summed E-state index contributed by atoms with van der Waals surface area (Å²) in [6, 6.07) is 4.32. The summed E-state index contributed by atoms with van der Waals surface area (Å²) in [4.78, 5) is 0. The van der Waals surface area contributed by atoms with Crippen molar-refractivity contribution in [3.05, 3.63) is 29.6 Å².